The minimum Gasteiger partial charge on any atom is -0.457 e. The first kappa shape index (κ1) is 11.5. The van der Waals surface area contributed by atoms with Gasteiger partial charge in [-0.25, -0.2) is 0 Å². The molecule has 0 unspecified atom stereocenters. The maximum absolute atomic E-state index is 10.8. The summed E-state index contributed by atoms with van der Waals surface area (Å²) in [6, 6.07) is 7.28. The van der Waals surface area contributed by atoms with Crippen LogP contribution in [0.25, 0.3) is 0 Å². The molecule has 0 heterocycles. The second kappa shape index (κ2) is 5.37. The summed E-state index contributed by atoms with van der Waals surface area (Å²) in [7, 11) is 0. The number of rotatable bonds is 3. The van der Waals surface area contributed by atoms with Crippen molar-refractivity contribution in [3.05, 3.63) is 34.9 Å². The Kier molecular flexibility index (Phi) is 4.42. The van der Waals surface area contributed by atoms with Gasteiger partial charge >= 0.3 is 5.97 Å². The lowest BCUT2D eigenvalue weighted by Gasteiger charge is -2.14. The molecule has 0 N–H and O–H groups in total. The molecule has 0 aromatic heterocycles. The average molecular weight is 278 g/mol. The van der Waals surface area contributed by atoms with Crippen LogP contribution in [-0.2, 0) is 9.53 Å². The molecule has 1 atom stereocenters. The van der Waals surface area contributed by atoms with Gasteiger partial charge in [-0.05, 0) is 17.7 Å². The molecular weight excluding hydrogens is 267 g/mol. The molecule has 1 aromatic rings. The van der Waals surface area contributed by atoms with Crippen molar-refractivity contribution in [3.63, 3.8) is 0 Å². The standard InChI is InChI=1S/C10H10BrClO2/c1-7(13)14-10(6-11)8-3-2-4-9(12)5-8/h2-5,10H,6H2,1H3/t10-/m1/s1. The number of esters is 1. The lowest BCUT2D eigenvalue weighted by atomic mass is 10.1. The Hall–Kier alpha value is -0.540. The number of hydrogen-bond acceptors (Lipinski definition) is 2. The Bertz CT molecular complexity index is 328. The predicted molar refractivity (Wildman–Crippen MR) is 59.8 cm³/mol. The first-order chi connectivity index (χ1) is 6.63. The zero-order chi connectivity index (χ0) is 10.6. The van der Waals surface area contributed by atoms with E-state index >= 15 is 0 Å². The molecule has 4 heteroatoms. The van der Waals surface area contributed by atoms with E-state index in [1.165, 1.54) is 6.92 Å². The van der Waals surface area contributed by atoms with E-state index in [1.54, 1.807) is 12.1 Å². The van der Waals surface area contributed by atoms with Gasteiger partial charge in [-0.2, -0.15) is 0 Å². The second-order valence-corrected chi connectivity index (χ2v) is 3.89. The summed E-state index contributed by atoms with van der Waals surface area (Å²) < 4.78 is 5.10. The lowest BCUT2D eigenvalue weighted by molar-refractivity contribution is -0.145. The Balaban J connectivity index is 2.83. The van der Waals surface area contributed by atoms with Gasteiger partial charge in [0.25, 0.3) is 0 Å². The largest absolute Gasteiger partial charge is 0.457 e. The maximum atomic E-state index is 10.8. The number of benzene rings is 1. The van der Waals surface area contributed by atoms with E-state index in [2.05, 4.69) is 15.9 Å². The SMILES string of the molecule is CC(=O)O[C@H](CBr)c1cccc(Cl)c1. The highest BCUT2D eigenvalue weighted by Gasteiger charge is 2.12. The van der Waals surface area contributed by atoms with Gasteiger partial charge in [0, 0.05) is 17.3 Å². The zero-order valence-electron chi connectivity index (χ0n) is 7.67. The van der Waals surface area contributed by atoms with Crippen molar-refractivity contribution in [2.24, 2.45) is 0 Å². The molecule has 2 nitrogen and oxygen atoms in total. The molecule has 0 saturated heterocycles. The third-order valence-corrected chi connectivity index (χ3v) is 2.49. The van der Waals surface area contributed by atoms with Crippen LogP contribution in [0.5, 0.6) is 0 Å². The van der Waals surface area contributed by atoms with Crippen LogP contribution >= 0.6 is 27.5 Å². The number of carbonyl (C=O) groups is 1. The van der Waals surface area contributed by atoms with Gasteiger partial charge in [0.15, 0.2) is 0 Å². The van der Waals surface area contributed by atoms with E-state index in [0.717, 1.165) is 5.56 Å². The van der Waals surface area contributed by atoms with Gasteiger partial charge in [0.05, 0.1) is 0 Å². The minimum atomic E-state index is -0.297. The van der Waals surface area contributed by atoms with E-state index in [9.17, 15) is 4.79 Å². The van der Waals surface area contributed by atoms with Gasteiger partial charge < -0.3 is 4.74 Å². The van der Waals surface area contributed by atoms with E-state index in [4.69, 9.17) is 16.3 Å². The van der Waals surface area contributed by atoms with Crippen molar-refractivity contribution >= 4 is 33.5 Å². The first-order valence-corrected chi connectivity index (χ1v) is 5.62. The Morgan fingerprint density at radius 3 is 2.86 bits per heavy atom. The smallest absolute Gasteiger partial charge is 0.303 e. The normalized spacial score (nSPS) is 12.2. The highest BCUT2D eigenvalue weighted by molar-refractivity contribution is 9.09. The molecule has 76 valence electrons. The third-order valence-electron chi connectivity index (χ3n) is 1.67. The topological polar surface area (TPSA) is 26.3 Å². The minimum absolute atomic E-state index is 0.272. The number of halogens is 2. The second-order valence-electron chi connectivity index (χ2n) is 2.81. The van der Waals surface area contributed by atoms with Crippen LogP contribution in [0.3, 0.4) is 0 Å². The first-order valence-electron chi connectivity index (χ1n) is 4.12. The number of carbonyl (C=O) groups excluding carboxylic acids is 1. The van der Waals surface area contributed by atoms with Gasteiger partial charge in [0.1, 0.15) is 6.10 Å². The summed E-state index contributed by atoms with van der Waals surface area (Å²) in [6.45, 7) is 1.39. The molecule has 0 aliphatic carbocycles. The molecule has 0 aliphatic rings. The fraction of sp³-hybridized carbons (Fsp3) is 0.300. The van der Waals surface area contributed by atoms with E-state index in [-0.39, 0.29) is 12.1 Å². The number of hydrogen-bond donors (Lipinski definition) is 0. The molecule has 0 radical (unpaired) electrons. The van der Waals surface area contributed by atoms with E-state index < -0.39 is 0 Å². The van der Waals surface area contributed by atoms with Crippen molar-refractivity contribution in [1.82, 2.24) is 0 Å². The van der Waals surface area contributed by atoms with Crippen LogP contribution in [0.15, 0.2) is 24.3 Å². The number of ether oxygens (including phenoxy) is 1. The Morgan fingerprint density at radius 1 is 1.64 bits per heavy atom. The highest BCUT2D eigenvalue weighted by atomic mass is 79.9. The summed E-state index contributed by atoms with van der Waals surface area (Å²) in [4.78, 5) is 10.8. The molecule has 1 aromatic carbocycles. The third kappa shape index (κ3) is 3.31. The molecule has 0 saturated carbocycles. The maximum Gasteiger partial charge on any atom is 0.303 e. The average Bonchev–Trinajstić information content (AvgIpc) is 2.14. The quantitative estimate of drug-likeness (QED) is 0.626. The molecule has 0 fully saturated rings. The molecule has 0 bridgehead atoms. The molecule has 14 heavy (non-hydrogen) atoms. The van der Waals surface area contributed by atoms with Crippen LogP contribution in [0.1, 0.15) is 18.6 Å². The highest BCUT2D eigenvalue weighted by Crippen LogP contribution is 2.22. The molecule has 1 rings (SSSR count). The Morgan fingerprint density at radius 2 is 2.36 bits per heavy atom. The van der Waals surface area contributed by atoms with E-state index in [0.29, 0.717) is 10.4 Å². The van der Waals surface area contributed by atoms with Gasteiger partial charge in [-0.15, -0.1) is 0 Å². The van der Waals surface area contributed by atoms with Crippen molar-refractivity contribution in [3.8, 4) is 0 Å². The monoisotopic (exact) mass is 276 g/mol. The number of alkyl halides is 1. The van der Waals surface area contributed by atoms with Crippen LogP contribution in [-0.4, -0.2) is 11.3 Å². The molecule has 0 amide bonds. The summed E-state index contributed by atoms with van der Waals surface area (Å²) in [6.07, 6.45) is -0.272. The van der Waals surface area contributed by atoms with Crippen LogP contribution in [0, 0.1) is 0 Å². The van der Waals surface area contributed by atoms with Gasteiger partial charge in [-0.3, -0.25) is 4.79 Å². The fourth-order valence-corrected chi connectivity index (χ4v) is 1.80. The lowest BCUT2D eigenvalue weighted by Crippen LogP contribution is -2.09. The molecule has 0 spiro atoms. The van der Waals surface area contributed by atoms with Crippen LogP contribution in [0.2, 0.25) is 5.02 Å². The fourth-order valence-electron chi connectivity index (χ4n) is 1.10. The van der Waals surface area contributed by atoms with Crippen molar-refractivity contribution in [1.29, 1.82) is 0 Å². The van der Waals surface area contributed by atoms with Crippen molar-refractivity contribution in [2.75, 3.05) is 5.33 Å². The van der Waals surface area contributed by atoms with Gasteiger partial charge in [0.2, 0.25) is 0 Å². The van der Waals surface area contributed by atoms with Crippen molar-refractivity contribution in [2.45, 2.75) is 13.0 Å². The van der Waals surface area contributed by atoms with Crippen molar-refractivity contribution < 1.29 is 9.53 Å². The summed E-state index contributed by atoms with van der Waals surface area (Å²) >= 11 is 9.11. The summed E-state index contributed by atoms with van der Waals surface area (Å²) in [5, 5.41) is 1.20. The summed E-state index contributed by atoms with van der Waals surface area (Å²) in [5.41, 5.74) is 0.893. The predicted octanol–water partition coefficient (Wildman–Crippen LogP) is 3.34. The molecule has 0 aliphatic heterocycles. The summed E-state index contributed by atoms with van der Waals surface area (Å²) in [5.74, 6) is -0.297. The van der Waals surface area contributed by atoms with Crippen LogP contribution < -0.4 is 0 Å². The van der Waals surface area contributed by atoms with E-state index in [1.807, 2.05) is 12.1 Å². The Labute approximate surface area is 96.3 Å². The van der Waals surface area contributed by atoms with Crippen LogP contribution in [0.4, 0.5) is 0 Å². The molecular formula is C10H10BrClO2. The van der Waals surface area contributed by atoms with Gasteiger partial charge in [-0.1, -0.05) is 39.7 Å². The zero-order valence-corrected chi connectivity index (χ0v) is 10.0.